The molecular weight excluding hydrogens is 206 g/mol. The lowest BCUT2D eigenvalue weighted by Gasteiger charge is -2.32. The number of hydrogen-bond donors (Lipinski definition) is 2. The molecule has 4 nitrogen and oxygen atoms in total. The smallest absolute Gasteiger partial charge is 0.308 e. The van der Waals surface area contributed by atoms with Crippen LogP contribution in [0, 0.1) is 5.92 Å². The lowest BCUT2D eigenvalue weighted by atomic mass is 9.80. The average Bonchev–Trinajstić information content (AvgIpc) is 2.12. The maximum atomic E-state index is 11.1. The molecule has 0 aliphatic heterocycles. The van der Waals surface area contributed by atoms with Crippen molar-refractivity contribution in [3.05, 3.63) is 0 Å². The van der Waals surface area contributed by atoms with Crippen molar-refractivity contribution in [2.45, 2.75) is 51.7 Å². The van der Waals surface area contributed by atoms with Gasteiger partial charge in [-0.05, 0) is 32.6 Å². The molecule has 1 aliphatic rings. The van der Waals surface area contributed by atoms with Gasteiger partial charge in [0.05, 0.1) is 19.1 Å². The Morgan fingerprint density at radius 3 is 2.75 bits per heavy atom. The van der Waals surface area contributed by atoms with Gasteiger partial charge < -0.3 is 15.2 Å². The molecule has 0 saturated heterocycles. The Balaban J connectivity index is 2.08. The monoisotopic (exact) mass is 229 g/mol. The molecule has 94 valence electrons. The lowest BCUT2D eigenvalue weighted by molar-refractivity contribution is -0.145. The van der Waals surface area contributed by atoms with Crippen molar-refractivity contribution < 1.29 is 14.6 Å². The average molecular weight is 229 g/mol. The predicted molar refractivity (Wildman–Crippen MR) is 62.1 cm³/mol. The van der Waals surface area contributed by atoms with Crippen LogP contribution in [0.5, 0.6) is 0 Å². The molecule has 0 bridgehead atoms. The van der Waals surface area contributed by atoms with E-state index in [-0.39, 0.29) is 12.4 Å². The highest BCUT2D eigenvalue weighted by molar-refractivity contribution is 5.69. The van der Waals surface area contributed by atoms with Crippen LogP contribution in [0.4, 0.5) is 0 Å². The number of hydrogen-bond acceptors (Lipinski definition) is 4. The first kappa shape index (κ1) is 13.5. The quantitative estimate of drug-likeness (QED) is 0.641. The fraction of sp³-hybridized carbons (Fsp3) is 0.917. The summed E-state index contributed by atoms with van der Waals surface area (Å²) in [6.45, 7) is 4.75. The number of carbonyl (C=O) groups is 1. The molecule has 0 aromatic heterocycles. The molecule has 0 radical (unpaired) electrons. The number of rotatable bonds is 7. The van der Waals surface area contributed by atoms with Crippen molar-refractivity contribution in [1.29, 1.82) is 0 Å². The summed E-state index contributed by atoms with van der Waals surface area (Å²) in [7, 11) is 0. The van der Waals surface area contributed by atoms with Gasteiger partial charge in [0.2, 0.25) is 0 Å². The molecule has 0 aromatic carbocycles. The van der Waals surface area contributed by atoms with Crippen molar-refractivity contribution in [1.82, 2.24) is 5.32 Å². The van der Waals surface area contributed by atoms with E-state index < -0.39 is 6.10 Å². The second-order valence-electron chi connectivity index (χ2n) is 4.55. The van der Waals surface area contributed by atoms with Gasteiger partial charge in [0, 0.05) is 12.6 Å². The number of nitrogens with one attached hydrogen (secondary N) is 1. The van der Waals surface area contributed by atoms with Crippen LogP contribution in [0.3, 0.4) is 0 Å². The molecule has 0 aromatic rings. The Kier molecular flexibility index (Phi) is 5.77. The minimum Gasteiger partial charge on any atom is -0.466 e. The van der Waals surface area contributed by atoms with Gasteiger partial charge in [-0.3, -0.25) is 4.79 Å². The SMILES string of the molecule is CCOC(=O)CC(O)CNC(C)C1CCC1. The highest BCUT2D eigenvalue weighted by Crippen LogP contribution is 2.29. The molecule has 2 unspecified atom stereocenters. The lowest BCUT2D eigenvalue weighted by Crippen LogP contribution is -2.41. The molecule has 0 amide bonds. The van der Waals surface area contributed by atoms with Crippen molar-refractivity contribution >= 4 is 5.97 Å². The Morgan fingerprint density at radius 1 is 1.56 bits per heavy atom. The fourth-order valence-corrected chi connectivity index (χ4v) is 1.91. The van der Waals surface area contributed by atoms with Crippen LogP contribution in [0.2, 0.25) is 0 Å². The highest BCUT2D eigenvalue weighted by atomic mass is 16.5. The molecule has 1 saturated carbocycles. The summed E-state index contributed by atoms with van der Waals surface area (Å²) < 4.78 is 4.77. The van der Waals surface area contributed by atoms with E-state index in [4.69, 9.17) is 4.74 Å². The van der Waals surface area contributed by atoms with Crippen LogP contribution in [-0.4, -0.2) is 36.4 Å². The van der Waals surface area contributed by atoms with E-state index in [1.54, 1.807) is 6.92 Å². The summed E-state index contributed by atoms with van der Waals surface area (Å²) in [5, 5.41) is 12.9. The first-order valence-electron chi connectivity index (χ1n) is 6.20. The van der Waals surface area contributed by atoms with E-state index in [0.29, 0.717) is 19.2 Å². The second-order valence-corrected chi connectivity index (χ2v) is 4.55. The van der Waals surface area contributed by atoms with Gasteiger partial charge in [0.25, 0.3) is 0 Å². The topological polar surface area (TPSA) is 58.6 Å². The van der Waals surface area contributed by atoms with E-state index in [1.165, 1.54) is 19.3 Å². The Labute approximate surface area is 97.4 Å². The number of aliphatic hydroxyl groups excluding tert-OH is 1. The molecule has 0 spiro atoms. The zero-order valence-corrected chi connectivity index (χ0v) is 10.2. The first-order chi connectivity index (χ1) is 7.63. The molecule has 2 atom stereocenters. The van der Waals surface area contributed by atoms with Crippen LogP contribution < -0.4 is 5.32 Å². The van der Waals surface area contributed by atoms with Gasteiger partial charge >= 0.3 is 5.97 Å². The predicted octanol–water partition coefficient (Wildman–Crippen LogP) is 1.08. The van der Waals surface area contributed by atoms with Crippen LogP contribution in [-0.2, 0) is 9.53 Å². The summed E-state index contributed by atoms with van der Waals surface area (Å²) >= 11 is 0. The minimum atomic E-state index is -0.637. The fourth-order valence-electron chi connectivity index (χ4n) is 1.91. The molecule has 4 heteroatoms. The van der Waals surface area contributed by atoms with E-state index in [1.807, 2.05) is 0 Å². The van der Waals surface area contributed by atoms with E-state index >= 15 is 0 Å². The number of esters is 1. The summed E-state index contributed by atoms with van der Waals surface area (Å²) in [5.41, 5.74) is 0. The van der Waals surface area contributed by atoms with Crippen molar-refractivity contribution in [2.75, 3.05) is 13.2 Å². The Morgan fingerprint density at radius 2 is 2.25 bits per heavy atom. The van der Waals surface area contributed by atoms with E-state index in [2.05, 4.69) is 12.2 Å². The molecular formula is C12H23NO3. The van der Waals surface area contributed by atoms with E-state index in [9.17, 15) is 9.90 Å². The molecule has 0 heterocycles. The van der Waals surface area contributed by atoms with Gasteiger partial charge in [-0.25, -0.2) is 0 Å². The van der Waals surface area contributed by atoms with Crippen LogP contribution in [0.25, 0.3) is 0 Å². The van der Waals surface area contributed by atoms with Gasteiger partial charge in [-0.2, -0.15) is 0 Å². The molecule has 1 rings (SSSR count). The normalized spacial score (nSPS) is 19.9. The van der Waals surface area contributed by atoms with Crippen molar-refractivity contribution in [2.24, 2.45) is 5.92 Å². The van der Waals surface area contributed by atoms with Crippen LogP contribution in [0.15, 0.2) is 0 Å². The molecule has 2 N–H and O–H groups in total. The van der Waals surface area contributed by atoms with Gasteiger partial charge in [-0.15, -0.1) is 0 Å². The molecule has 1 aliphatic carbocycles. The highest BCUT2D eigenvalue weighted by Gasteiger charge is 2.24. The summed E-state index contributed by atoms with van der Waals surface area (Å²) in [5.74, 6) is 0.419. The van der Waals surface area contributed by atoms with Crippen LogP contribution >= 0.6 is 0 Å². The Bertz CT molecular complexity index is 216. The second kappa shape index (κ2) is 6.86. The largest absolute Gasteiger partial charge is 0.466 e. The third-order valence-corrected chi connectivity index (χ3v) is 3.24. The minimum absolute atomic E-state index is 0.0816. The number of aliphatic hydroxyl groups is 1. The van der Waals surface area contributed by atoms with Crippen molar-refractivity contribution in [3.8, 4) is 0 Å². The van der Waals surface area contributed by atoms with Crippen molar-refractivity contribution in [3.63, 3.8) is 0 Å². The molecule has 16 heavy (non-hydrogen) atoms. The first-order valence-corrected chi connectivity index (χ1v) is 6.20. The maximum absolute atomic E-state index is 11.1. The van der Waals surface area contributed by atoms with Crippen LogP contribution in [0.1, 0.15) is 39.5 Å². The summed E-state index contributed by atoms with van der Waals surface area (Å²) in [6.07, 6.45) is 3.33. The van der Waals surface area contributed by atoms with E-state index in [0.717, 1.165) is 5.92 Å². The maximum Gasteiger partial charge on any atom is 0.308 e. The third-order valence-electron chi connectivity index (χ3n) is 3.24. The van der Waals surface area contributed by atoms with Gasteiger partial charge in [0.15, 0.2) is 0 Å². The summed E-state index contributed by atoms with van der Waals surface area (Å²) in [6, 6.07) is 0.436. The standard InChI is InChI=1S/C12H23NO3/c1-3-16-12(15)7-11(14)8-13-9(2)10-5-4-6-10/h9-11,13-14H,3-8H2,1-2H3. The Hall–Kier alpha value is -0.610. The summed E-state index contributed by atoms with van der Waals surface area (Å²) in [4.78, 5) is 11.1. The van der Waals surface area contributed by atoms with Gasteiger partial charge in [-0.1, -0.05) is 6.42 Å². The molecule has 1 fully saturated rings. The van der Waals surface area contributed by atoms with Gasteiger partial charge in [0.1, 0.15) is 0 Å². The number of ether oxygens (including phenoxy) is 1. The zero-order chi connectivity index (χ0) is 12.0. The zero-order valence-electron chi connectivity index (χ0n) is 10.2. The third kappa shape index (κ3) is 4.49. The number of carbonyl (C=O) groups excluding carboxylic acids is 1.